The Morgan fingerprint density at radius 3 is 2.70 bits per heavy atom. The zero-order chi connectivity index (χ0) is 19.5. The van der Waals surface area contributed by atoms with Crippen molar-refractivity contribution in [2.24, 2.45) is 4.99 Å². The predicted molar refractivity (Wildman–Crippen MR) is 109 cm³/mol. The number of hydrogen-bond donors (Lipinski definition) is 2. The maximum Gasteiger partial charge on any atom is 0.228 e. The van der Waals surface area contributed by atoms with Crippen LogP contribution in [0, 0.1) is 6.92 Å². The molecule has 1 heterocycles. The summed E-state index contributed by atoms with van der Waals surface area (Å²) in [4.78, 5) is 11.3. The molecule has 0 aliphatic carbocycles. The van der Waals surface area contributed by atoms with E-state index < -0.39 is 0 Å². The molecule has 7 nitrogen and oxygen atoms in total. The lowest BCUT2D eigenvalue weighted by Gasteiger charge is -2.24. The molecular formula is C20H32N6O. The van der Waals surface area contributed by atoms with Gasteiger partial charge in [-0.2, -0.15) is 4.98 Å². The van der Waals surface area contributed by atoms with Crippen LogP contribution >= 0.6 is 0 Å². The van der Waals surface area contributed by atoms with Crippen LogP contribution in [0.4, 0.5) is 0 Å². The molecule has 148 valence electrons. The molecule has 2 rings (SSSR count). The molecule has 2 N–H and O–H groups in total. The van der Waals surface area contributed by atoms with Gasteiger partial charge in [-0.1, -0.05) is 35.5 Å². The summed E-state index contributed by atoms with van der Waals surface area (Å²) in [5.41, 5.74) is 1.33. The van der Waals surface area contributed by atoms with E-state index in [1.54, 1.807) is 0 Å². The first-order valence-corrected chi connectivity index (χ1v) is 9.64. The van der Waals surface area contributed by atoms with Gasteiger partial charge in [0.2, 0.25) is 5.89 Å². The molecule has 0 aliphatic rings. The Hall–Kier alpha value is -2.41. The molecule has 1 unspecified atom stereocenters. The third-order valence-corrected chi connectivity index (χ3v) is 4.39. The molecule has 0 saturated heterocycles. The highest BCUT2D eigenvalue weighted by Crippen LogP contribution is 2.08. The van der Waals surface area contributed by atoms with Gasteiger partial charge in [0, 0.05) is 38.6 Å². The van der Waals surface area contributed by atoms with Crippen LogP contribution in [0.5, 0.6) is 0 Å². The maximum absolute atomic E-state index is 5.13. The van der Waals surface area contributed by atoms with Crippen LogP contribution in [0.1, 0.15) is 37.5 Å². The van der Waals surface area contributed by atoms with Crippen molar-refractivity contribution in [3.05, 3.63) is 47.6 Å². The number of nitrogens with one attached hydrogen (secondary N) is 2. The van der Waals surface area contributed by atoms with Crippen LogP contribution in [0.3, 0.4) is 0 Å². The number of aromatic nitrogens is 2. The molecular weight excluding hydrogens is 340 g/mol. The van der Waals surface area contributed by atoms with Crippen LogP contribution in [0.15, 0.2) is 39.8 Å². The zero-order valence-corrected chi connectivity index (χ0v) is 16.9. The van der Waals surface area contributed by atoms with Crippen molar-refractivity contribution >= 4 is 5.96 Å². The minimum Gasteiger partial charge on any atom is -0.357 e. The van der Waals surface area contributed by atoms with Gasteiger partial charge in [-0.15, -0.1) is 0 Å². The lowest BCUT2D eigenvalue weighted by atomic mass is 10.1. The first kappa shape index (κ1) is 20.9. The molecule has 0 amide bonds. The summed E-state index contributed by atoms with van der Waals surface area (Å²) in [5.74, 6) is 2.14. The summed E-state index contributed by atoms with van der Waals surface area (Å²) in [6.07, 6.45) is 1.68. The first-order chi connectivity index (χ1) is 13.1. The van der Waals surface area contributed by atoms with Gasteiger partial charge < -0.3 is 15.2 Å². The fourth-order valence-electron chi connectivity index (χ4n) is 2.68. The molecule has 0 saturated carbocycles. The Bertz CT molecular complexity index is 685. The second-order valence-electron chi connectivity index (χ2n) is 6.71. The quantitative estimate of drug-likeness (QED) is 0.492. The topological polar surface area (TPSA) is 78.6 Å². The normalized spacial score (nSPS) is 13.0. The summed E-state index contributed by atoms with van der Waals surface area (Å²) >= 11 is 0. The third kappa shape index (κ3) is 7.78. The highest BCUT2D eigenvalue weighted by Gasteiger charge is 2.09. The molecule has 0 aliphatic heterocycles. The molecule has 27 heavy (non-hydrogen) atoms. The van der Waals surface area contributed by atoms with E-state index in [1.807, 2.05) is 6.92 Å². The number of hydrogen-bond acceptors (Lipinski definition) is 5. The second-order valence-corrected chi connectivity index (χ2v) is 6.71. The Kier molecular flexibility index (Phi) is 8.77. The molecule has 1 aromatic carbocycles. The van der Waals surface area contributed by atoms with E-state index in [0.717, 1.165) is 32.0 Å². The van der Waals surface area contributed by atoms with E-state index >= 15 is 0 Å². The standard InChI is InChI=1S/C20H32N6O/c1-5-21-20(23-14-12-19-24-17(3)25-27-19)22-13-11-16(2)26(4)15-18-9-7-6-8-10-18/h6-10,16H,5,11-15H2,1-4H3,(H2,21,22,23). The Morgan fingerprint density at radius 1 is 1.26 bits per heavy atom. The SMILES string of the molecule is CCNC(=NCCC(C)N(C)Cc1ccccc1)NCCc1nc(C)no1. The van der Waals surface area contributed by atoms with Crippen LogP contribution in [0.25, 0.3) is 0 Å². The summed E-state index contributed by atoms with van der Waals surface area (Å²) in [5, 5.41) is 10.4. The fraction of sp³-hybridized carbons (Fsp3) is 0.550. The number of aliphatic imine (C=N–C) groups is 1. The van der Waals surface area contributed by atoms with E-state index in [4.69, 9.17) is 4.52 Å². The van der Waals surface area contributed by atoms with Gasteiger partial charge in [0.15, 0.2) is 11.8 Å². The Morgan fingerprint density at radius 2 is 2.04 bits per heavy atom. The average molecular weight is 373 g/mol. The minimum absolute atomic E-state index is 0.457. The van der Waals surface area contributed by atoms with Crippen molar-refractivity contribution in [1.29, 1.82) is 0 Å². The van der Waals surface area contributed by atoms with Gasteiger partial charge in [-0.25, -0.2) is 0 Å². The highest BCUT2D eigenvalue weighted by molar-refractivity contribution is 5.79. The van der Waals surface area contributed by atoms with Crippen LogP contribution in [-0.2, 0) is 13.0 Å². The van der Waals surface area contributed by atoms with E-state index in [1.165, 1.54) is 5.56 Å². The molecule has 0 spiro atoms. The van der Waals surface area contributed by atoms with Gasteiger partial charge >= 0.3 is 0 Å². The number of nitrogens with zero attached hydrogens (tertiary/aromatic N) is 4. The van der Waals surface area contributed by atoms with Crippen molar-refractivity contribution < 1.29 is 4.52 Å². The third-order valence-electron chi connectivity index (χ3n) is 4.39. The fourth-order valence-corrected chi connectivity index (χ4v) is 2.68. The van der Waals surface area contributed by atoms with Gasteiger partial charge in [-0.3, -0.25) is 9.89 Å². The lowest BCUT2D eigenvalue weighted by Crippen LogP contribution is -2.38. The van der Waals surface area contributed by atoms with Crippen molar-refractivity contribution in [1.82, 2.24) is 25.7 Å². The molecule has 0 bridgehead atoms. The summed E-state index contributed by atoms with van der Waals surface area (Å²) < 4.78 is 5.13. The molecule has 0 fully saturated rings. The Labute approximate surface area is 162 Å². The van der Waals surface area contributed by atoms with Gasteiger partial charge in [0.1, 0.15) is 0 Å². The highest BCUT2D eigenvalue weighted by atomic mass is 16.5. The molecule has 0 radical (unpaired) electrons. The smallest absolute Gasteiger partial charge is 0.228 e. The molecule has 7 heteroatoms. The zero-order valence-electron chi connectivity index (χ0n) is 16.9. The number of benzene rings is 1. The van der Waals surface area contributed by atoms with Gasteiger partial charge in [0.05, 0.1) is 0 Å². The van der Waals surface area contributed by atoms with Crippen molar-refractivity contribution in [2.45, 2.75) is 46.2 Å². The molecule has 1 aromatic heterocycles. The summed E-state index contributed by atoms with van der Waals surface area (Å²) in [6.45, 7) is 9.39. The van der Waals surface area contributed by atoms with E-state index in [0.29, 0.717) is 30.7 Å². The van der Waals surface area contributed by atoms with E-state index in [-0.39, 0.29) is 0 Å². The van der Waals surface area contributed by atoms with Crippen LogP contribution < -0.4 is 10.6 Å². The van der Waals surface area contributed by atoms with Gasteiger partial charge in [0.25, 0.3) is 0 Å². The maximum atomic E-state index is 5.13. The lowest BCUT2D eigenvalue weighted by molar-refractivity contribution is 0.240. The molecule has 1 atom stereocenters. The van der Waals surface area contributed by atoms with Crippen molar-refractivity contribution in [2.75, 3.05) is 26.7 Å². The second kappa shape index (κ2) is 11.3. The van der Waals surface area contributed by atoms with E-state index in [2.05, 4.69) is 81.9 Å². The first-order valence-electron chi connectivity index (χ1n) is 9.64. The average Bonchev–Trinajstić information content (AvgIpc) is 3.07. The summed E-state index contributed by atoms with van der Waals surface area (Å²) in [6, 6.07) is 11.0. The van der Waals surface area contributed by atoms with E-state index in [9.17, 15) is 0 Å². The predicted octanol–water partition coefficient (Wildman–Crippen LogP) is 2.39. The number of aryl methyl sites for hydroxylation is 1. The van der Waals surface area contributed by atoms with Crippen molar-refractivity contribution in [3.63, 3.8) is 0 Å². The number of guanidine groups is 1. The van der Waals surface area contributed by atoms with Crippen molar-refractivity contribution in [3.8, 4) is 0 Å². The Balaban J connectivity index is 1.74. The van der Waals surface area contributed by atoms with Crippen LogP contribution in [0.2, 0.25) is 0 Å². The minimum atomic E-state index is 0.457. The van der Waals surface area contributed by atoms with Gasteiger partial charge in [-0.05, 0) is 39.8 Å². The van der Waals surface area contributed by atoms with Crippen LogP contribution in [-0.4, -0.2) is 53.7 Å². The number of rotatable bonds is 10. The summed E-state index contributed by atoms with van der Waals surface area (Å²) in [7, 11) is 2.16. The monoisotopic (exact) mass is 372 g/mol. The molecule has 2 aromatic rings. The largest absolute Gasteiger partial charge is 0.357 e.